The van der Waals surface area contributed by atoms with E-state index in [1.807, 2.05) is 0 Å². The maximum atomic E-state index is 8.55. The molecule has 0 aliphatic carbocycles. The zero-order chi connectivity index (χ0) is 4.50. The van der Waals surface area contributed by atoms with Gasteiger partial charge in [-0.1, -0.05) is 0 Å². The van der Waals surface area contributed by atoms with Crippen LogP contribution in [0.5, 0.6) is 0 Å². The van der Waals surface area contributed by atoms with Gasteiger partial charge in [0.2, 0.25) is 0 Å². The summed E-state index contributed by atoms with van der Waals surface area (Å²) in [6.07, 6.45) is 0. The fraction of sp³-hybridized carbons (Fsp3) is 0. The first kappa shape index (κ1) is 22.5. The zero-order valence-corrected chi connectivity index (χ0v) is 12.3. The summed E-state index contributed by atoms with van der Waals surface area (Å²) in [5.74, 6) is 0. The molecule has 4 nitrogen and oxygen atoms in total. The molecule has 41 valence electrons. The molecule has 0 unspecified atom stereocenters. The summed E-state index contributed by atoms with van der Waals surface area (Å²) in [5.41, 5.74) is 0. The molecule has 8 heavy (non-hydrogen) atoms. The van der Waals surface area contributed by atoms with Crippen LogP contribution in [-0.4, -0.2) is 48.9 Å². The summed E-state index contributed by atoms with van der Waals surface area (Å²) in [7, 11) is -5.39. The Labute approximate surface area is 117 Å². The topological polar surface area (TPSA) is 86.2 Å². The molecule has 0 aliphatic rings. The number of phosphoric acid groups is 1. The second kappa shape index (κ2) is 10.1. The minimum absolute atomic E-state index is 0. The molecule has 0 aliphatic heterocycles. The molecule has 0 N–H and O–H groups in total. The van der Waals surface area contributed by atoms with E-state index in [4.69, 9.17) is 19.2 Å². The Kier molecular flexibility index (Phi) is 28.3. The molecule has 0 aromatic rings. The molecule has 0 saturated heterocycles. The Hall–Kier alpha value is 3.08. The minimum Gasteiger partial charge on any atom is -0.822 e. The maximum Gasteiger partial charge on any atom is 4.00 e. The molecule has 0 fully saturated rings. The van der Waals surface area contributed by atoms with Crippen molar-refractivity contribution in [2.45, 2.75) is 0 Å². The summed E-state index contributed by atoms with van der Waals surface area (Å²) in [4.78, 5) is 25.6. The molecule has 0 bridgehead atoms. The molecule has 0 heterocycles. The number of rotatable bonds is 0. The van der Waals surface area contributed by atoms with Crippen LogP contribution in [0.1, 0.15) is 0 Å². The summed E-state index contributed by atoms with van der Waals surface area (Å²) in [6, 6.07) is 0. The minimum atomic E-state index is -5.39. The third-order valence-electron chi connectivity index (χ3n) is 0. The van der Waals surface area contributed by atoms with Crippen molar-refractivity contribution in [2.24, 2.45) is 0 Å². The van der Waals surface area contributed by atoms with Crippen LogP contribution in [0.25, 0.3) is 0 Å². The zero-order valence-electron chi connectivity index (χ0n) is 3.59. The van der Waals surface area contributed by atoms with Gasteiger partial charge >= 0.3 is 92.2 Å². The van der Waals surface area contributed by atoms with Crippen molar-refractivity contribution in [3.8, 4) is 0 Å². The molecule has 0 spiro atoms. The van der Waals surface area contributed by atoms with E-state index in [0.717, 1.165) is 0 Å². The van der Waals surface area contributed by atoms with Crippen molar-refractivity contribution >= 4 is 56.7 Å². The number of hydrogen-bond donors (Lipinski definition) is 0. The van der Waals surface area contributed by atoms with Crippen molar-refractivity contribution in [3.05, 3.63) is 0 Å². The van der Waals surface area contributed by atoms with Crippen LogP contribution in [0, 0.1) is 0 Å². The van der Waals surface area contributed by atoms with E-state index in [1.165, 1.54) is 0 Å². The first-order valence-corrected chi connectivity index (χ1v) is 2.19. The van der Waals surface area contributed by atoms with E-state index in [1.54, 1.807) is 0 Å². The van der Waals surface area contributed by atoms with E-state index in [-0.39, 0.29) is 92.2 Å². The third-order valence-corrected chi connectivity index (χ3v) is 0. The molecule has 8 heteroatoms. The molecular weight excluding hydrogens is 387 g/mol. The second-order valence-electron chi connectivity index (χ2n) is 0.447. The standard InChI is InChI=1S/Ba.Cu.H3O4P.Zr/c;;1-5(2,3)4;/h;;(H3,1,2,3,4);/q2*+2;;+4/p-3. The Balaban J connectivity index is -0.0000000267. The van der Waals surface area contributed by atoms with Crippen molar-refractivity contribution in [3.63, 3.8) is 0 Å². The van der Waals surface area contributed by atoms with Crippen molar-refractivity contribution in [1.29, 1.82) is 0 Å². The van der Waals surface area contributed by atoms with Gasteiger partial charge in [-0.05, 0) is 0 Å². The molecule has 0 amide bonds. The van der Waals surface area contributed by atoms with E-state index in [9.17, 15) is 0 Å². The van der Waals surface area contributed by atoms with Crippen molar-refractivity contribution < 1.29 is 62.5 Å². The largest absolute Gasteiger partial charge is 4.00 e. The normalized spacial score (nSPS) is 7.38. The first-order valence-electron chi connectivity index (χ1n) is 0.730. The summed E-state index contributed by atoms with van der Waals surface area (Å²) in [6.45, 7) is 0. The Morgan fingerprint density at radius 3 is 1.12 bits per heavy atom. The quantitative estimate of drug-likeness (QED) is 0.324. The fourth-order valence-corrected chi connectivity index (χ4v) is 0. The maximum absolute atomic E-state index is 8.55. The van der Waals surface area contributed by atoms with Crippen LogP contribution in [0.4, 0.5) is 0 Å². The van der Waals surface area contributed by atoms with E-state index in [0.29, 0.717) is 0 Å². The first-order chi connectivity index (χ1) is 2.00. The summed E-state index contributed by atoms with van der Waals surface area (Å²) in [5, 5.41) is 0. The van der Waals surface area contributed by atoms with Crippen LogP contribution >= 0.6 is 7.82 Å². The number of hydrogen-bond acceptors (Lipinski definition) is 4. The van der Waals surface area contributed by atoms with E-state index in [2.05, 4.69) is 0 Å². The Morgan fingerprint density at radius 1 is 1.12 bits per heavy atom. The molecule has 0 rings (SSSR count). The van der Waals surface area contributed by atoms with Gasteiger partial charge in [-0.25, -0.2) is 0 Å². The molecule has 1 radical (unpaired) electrons. The smallest absolute Gasteiger partial charge is 0.822 e. The van der Waals surface area contributed by atoms with Gasteiger partial charge in [0.05, 0.1) is 0 Å². The second-order valence-corrected chi connectivity index (χ2v) is 1.34. The van der Waals surface area contributed by atoms with Crippen LogP contribution in [0.2, 0.25) is 0 Å². The Bertz CT molecular complexity index is 62.2. The predicted octanol–water partition coefficient (Wildman–Crippen LogP) is -3.21. The van der Waals surface area contributed by atoms with Gasteiger partial charge in [0, 0.05) is 0 Å². The molecule has 0 atom stereocenters. The molecule has 0 aromatic carbocycles. The average Bonchev–Trinajstić information content (AvgIpc) is 0.722. The Morgan fingerprint density at radius 2 is 1.12 bits per heavy atom. The van der Waals surface area contributed by atoms with Gasteiger partial charge in [-0.2, -0.15) is 7.82 Å². The summed E-state index contributed by atoms with van der Waals surface area (Å²) >= 11 is 0. The van der Waals surface area contributed by atoms with E-state index >= 15 is 0 Å². The van der Waals surface area contributed by atoms with Gasteiger partial charge in [-0.15, -0.1) is 0 Å². The molecule has 0 aromatic heterocycles. The van der Waals surface area contributed by atoms with Crippen LogP contribution in [-0.2, 0) is 47.8 Å². The van der Waals surface area contributed by atoms with Gasteiger partial charge in [0.15, 0.2) is 0 Å². The van der Waals surface area contributed by atoms with Crippen molar-refractivity contribution in [2.75, 3.05) is 0 Å². The predicted molar refractivity (Wildman–Crippen MR) is 13.4 cm³/mol. The van der Waals surface area contributed by atoms with Gasteiger partial charge in [0.1, 0.15) is 0 Å². The van der Waals surface area contributed by atoms with Crippen LogP contribution in [0.15, 0.2) is 0 Å². The summed E-state index contributed by atoms with van der Waals surface area (Å²) < 4.78 is 8.55. The van der Waals surface area contributed by atoms with Crippen LogP contribution < -0.4 is 14.7 Å². The molecular formula is BaCuO4PZr+5. The van der Waals surface area contributed by atoms with Gasteiger partial charge < -0.3 is 19.2 Å². The van der Waals surface area contributed by atoms with E-state index < -0.39 is 7.82 Å². The average molecular weight is 387 g/mol. The molecule has 0 saturated carbocycles. The van der Waals surface area contributed by atoms with Crippen molar-refractivity contribution in [1.82, 2.24) is 0 Å². The third kappa shape index (κ3) is 62.4. The monoisotopic (exact) mass is 386 g/mol. The fourth-order valence-electron chi connectivity index (χ4n) is 0. The van der Waals surface area contributed by atoms with Gasteiger partial charge in [-0.3, -0.25) is 0 Å². The van der Waals surface area contributed by atoms with Crippen LogP contribution in [0.3, 0.4) is 0 Å². The SMILES string of the molecule is O=P([O-])([O-])[O-].[Ba+2].[Cu+2].[Zr+4]. The van der Waals surface area contributed by atoms with Gasteiger partial charge in [0.25, 0.3) is 0 Å².